The van der Waals surface area contributed by atoms with Crippen molar-refractivity contribution in [1.29, 1.82) is 10.5 Å². The Hall–Kier alpha value is -2.47. The smallest absolute Gasteiger partial charge is 0.258 e. The second kappa shape index (κ2) is 3.50. The minimum atomic E-state index is -1.27. The monoisotopic (exact) mass is 191 g/mol. The zero-order chi connectivity index (χ0) is 10.7. The van der Waals surface area contributed by atoms with Crippen LogP contribution in [-0.4, -0.2) is 4.92 Å². The van der Waals surface area contributed by atoms with Crippen LogP contribution in [0.3, 0.4) is 0 Å². The molecule has 0 aliphatic heterocycles. The lowest BCUT2D eigenvalue weighted by Crippen LogP contribution is -1.97. The fourth-order valence-electron chi connectivity index (χ4n) is 0.909. The molecule has 0 spiro atoms. The first kappa shape index (κ1) is 9.62. The van der Waals surface area contributed by atoms with E-state index in [-0.39, 0.29) is 5.56 Å². The molecule has 1 aromatic carbocycles. The Morgan fingerprint density at radius 3 is 2.43 bits per heavy atom. The molecule has 0 heterocycles. The Labute approximate surface area is 77.8 Å². The normalized spacial score (nSPS) is 8.79. The van der Waals surface area contributed by atoms with Gasteiger partial charge in [-0.2, -0.15) is 14.9 Å². The van der Waals surface area contributed by atoms with Crippen molar-refractivity contribution in [3.8, 4) is 12.1 Å². The third-order valence-corrected chi connectivity index (χ3v) is 1.55. The number of benzene rings is 1. The van der Waals surface area contributed by atoms with E-state index in [9.17, 15) is 14.5 Å². The Morgan fingerprint density at radius 1 is 1.36 bits per heavy atom. The molecule has 0 unspecified atom stereocenters. The van der Waals surface area contributed by atoms with Gasteiger partial charge in [0, 0.05) is 6.07 Å². The van der Waals surface area contributed by atoms with Crippen LogP contribution in [0.4, 0.5) is 10.1 Å². The molecule has 0 saturated heterocycles. The topological polar surface area (TPSA) is 90.7 Å². The molecule has 0 aliphatic rings. The molecule has 0 atom stereocenters. The molecule has 5 nitrogen and oxygen atoms in total. The van der Waals surface area contributed by atoms with Gasteiger partial charge in [-0.25, -0.2) is 0 Å². The summed E-state index contributed by atoms with van der Waals surface area (Å²) >= 11 is 0. The van der Waals surface area contributed by atoms with Gasteiger partial charge >= 0.3 is 5.69 Å². The Bertz CT molecular complexity index is 485. The first-order valence-corrected chi connectivity index (χ1v) is 3.39. The number of hydrogen-bond donors (Lipinski definition) is 0. The first-order valence-electron chi connectivity index (χ1n) is 3.39. The molecule has 0 amide bonds. The van der Waals surface area contributed by atoms with Crippen LogP contribution < -0.4 is 0 Å². The Balaban J connectivity index is 3.55. The van der Waals surface area contributed by atoms with Gasteiger partial charge in [0.25, 0.3) is 0 Å². The highest BCUT2D eigenvalue weighted by Gasteiger charge is 2.20. The summed E-state index contributed by atoms with van der Waals surface area (Å²) in [4.78, 5) is 9.32. The predicted molar refractivity (Wildman–Crippen MR) is 42.5 cm³/mol. The molecule has 0 fully saturated rings. The molecule has 0 bridgehead atoms. The average molecular weight is 191 g/mol. The van der Waals surface area contributed by atoms with Gasteiger partial charge in [-0.05, 0) is 6.07 Å². The van der Waals surface area contributed by atoms with Crippen molar-refractivity contribution < 1.29 is 9.31 Å². The number of rotatable bonds is 1. The minimum Gasteiger partial charge on any atom is -0.258 e. The lowest BCUT2D eigenvalue weighted by Gasteiger charge is -1.96. The largest absolute Gasteiger partial charge is 0.306 e. The highest BCUT2D eigenvalue weighted by molar-refractivity contribution is 5.52. The van der Waals surface area contributed by atoms with Gasteiger partial charge in [-0.1, -0.05) is 0 Å². The van der Waals surface area contributed by atoms with Gasteiger partial charge in [0.05, 0.1) is 10.5 Å². The van der Waals surface area contributed by atoms with Crippen LogP contribution in [0.5, 0.6) is 0 Å². The predicted octanol–water partition coefficient (Wildman–Crippen LogP) is 1.48. The molecule has 14 heavy (non-hydrogen) atoms. The van der Waals surface area contributed by atoms with E-state index < -0.39 is 22.0 Å². The zero-order valence-electron chi connectivity index (χ0n) is 6.69. The SMILES string of the molecule is N#Cc1ccc([N+](=O)[O-])c(F)c1C#N. The molecular weight excluding hydrogens is 189 g/mol. The molecule has 0 N–H and O–H groups in total. The summed E-state index contributed by atoms with van der Waals surface area (Å²) in [6, 6.07) is 4.87. The maximum atomic E-state index is 13.2. The van der Waals surface area contributed by atoms with Crippen LogP contribution >= 0.6 is 0 Å². The van der Waals surface area contributed by atoms with Crippen molar-refractivity contribution in [2.75, 3.05) is 0 Å². The van der Waals surface area contributed by atoms with E-state index >= 15 is 0 Å². The van der Waals surface area contributed by atoms with E-state index in [1.165, 1.54) is 6.07 Å². The molecule has 1 rings (SSSR count). The molecule has 6 heteroatoms. The fourth-order valence-corrected chi connectivity index (χ4v) is 0.909. The van der Waals surface area contributed by atoms with Gasteiger partial charge < -0.3 is 0 Å². The van der Waals surface area contributed by atoms with Gasteiger partial charge in [-0.15, -0.1) is 0 Å². The van der Waals surface area contributed by atoms with Gasteiger partial charge in [0.1, 0.15) is 17.7 Å². The van der Waals surface area contributed by atoms with E-state index in [0.717, 1.165) is 12.1 Å². The van der Waals surface area contributed by atoms with Crippen LogP contribution in [0.25, 0.3) is 0 Å². The lowest BCUT2D eigenvalue weighted by atomic mass is 10.1. The number of halogens is 1. The van der Waals surface area contributed by atoms with Crippen LogP contribution in [-0.2, 0) is 0 Å². The molecule has 1 aromatic rings. The van der Waals surface area contributed by atoms with Gasteiger partial charge in [-0.3, -0.25) is 10.1 Å². The van der Waals surface area contributed by atoms with Crippen LogP contribution in [0.1, 0.15) is 11.1 Å². The van der Waals surface area contributed by atoms with Gasteiger partial charge in [0.2, 0.25) is 5.82 Å². The highest BCUT2D eigenvalue weighted by Crippen LogP contribution is 2.22. The van der Waals surface area contributed by atoms with Crippen molar-refractivity contribution in [3.05, 3.63) is 39.2 Å². The summed E-state index contributed by atoms with van der Waals surface area (Å²) < 4.78 is 13.2. The second-order valence-corrected chi connectivity index (χ2v) is 2.30. The van der Waals surface area contributed by atoms with E-state index in [0.29, 0.717) is 0 Å². The maximum absolute atomic E-state index is 13.2. The van der Waals surface area contributed by atoms with Crippen LogP contribution in [0.15, 0.2) is 12.1 Å². The fraction of sp³-hybridized carbons (Fsp3) is 0. The van der Waals surface area contributed by atoms with Crippen molar-refractivity contribution in [2.45, 2.75) is 0 Å². The summed E-state index contributed by atoms with van der Waals surface area (Å²) in [5.41, 5.74) is -1.61. The summed E-state index contributed by atoms with van der Waals surface area (Å²) in [7, 11) is 0. The Morgan fingerprint density at radius 2 is 2.00 bits per heavy atom. The minimum absolute atomic E-state index is 0.212. The molecule has 0 saturated carbocycles. The summed E-state index contributed by atoms with van der Waals surface area (Å²) in [5.74, 6) is -1.27. The average Bonchev–Trinajstić information content (AvgIpc) is 2.16. The van der Waals surface area contributed by atoms with E-state index in [1.54, 1.807) is 6.07 Å². The highest BCUT2D eigenvalue weighted by atomic mass is 19.1. The van der Waals surface area contributed by atoms with E-state index in [4.69, 9.17) is 10.5 Å². The molecule has 0 aliphatic carbocycles. The third kappa shape index (κ3) is 1.37. The summed E-state index contributed by atoms with van der Waals surface area (Å²) in [5, 5.41) is 27.2. The van der Waals surface area contributed by atoms with Crippen molar-refractivity contribution in [1.82, 2.24) is 0 Å². The zero-order valence-corrected chi connectivity index (χ0v) is 6.69. The molecular formula is C8H2FN3O2. The maximum Gasteiger partial charge on any atom is 0.306 e. The van der Waals surface area contributed by atoms with Crippen LogP contribution in [0.2, 0.25) is 0 Å². The van der Waals surface area contributed by atoms with E-state index in [2.05, 4.69) is 0 Å². The molecule has 0 aromatic heterocycles. The quantitative estimate of drug-likeness (QED) is 0.496. The number of hydrogen-bond acceptors (Lipinski definition) is 4. The van der Waals surface area contributed by atoms with Gasteiger partial charge in [0.15, 0.2) is 0 Å². The van der Waals surface area contributed by atoms with Crippen molar-refractivity contribution in [2.24, 2.45) is 0 Å². The Kier molecular flexibility index (Phi) is 2.40. The van der Waals surface area contributed by atoms with Crippen molar-refractivity contribution in [3.63, 3.8) is 0 Å². The third-order valence-electron chi connectivity index (χ3n) is 1.55. The summed E-state index contributed by atoms with van der Waals surface area (Å²) in [6.07, 6.45) is 0. The number of nitrogens with zero attached hydrogens (tertiary/aromatic N) is 3. The first-order chi connectivity index (χ1) is 6.61. The van der Waals surface area contributed by atoms with Crippen LogP contribution in [0, 0.1) is 38.6 Å². The number of nitriles is 2. The molecule has 0 radical (unpaired) electrons. The van der Waals surface area contributed by atoms with E-state index in [1.807, 2.05) is 0 Å². The standard InChI is InChI=1S/C8H2FN3O2/c9-8-6(4-11)5(3-10)1-2-7(8)12(13)14/h1-2H. The second-order valence-electron chi connectivity index (χ2n) is 2.30. The summed E-state index contributed by atoms with van der Waals surface area (Å²) in [6.45, 7) is 0. The van der Waals surface area contributed by atoms with Crippen molar-refractivity contribution >= 4 is 5.69 Å². The molecule has 68 valence electrons. The number of nitro groups is 1. The number of nitro benzene ring substituents is 1. The lowest BCUT2D eigenvalue weighted by molar-refractivity contribution is -0.387.